The molecule has 1 N–H and O–H groups in total. The standard InChI is InChI=1S/C18H19N5O4/c1-27-17(26)13-3-2-4-15(9-13)21-18-19-10-14(11-20-18)16(25)23-7-5-22(12-24)6-8-23/h2-4,9-12H,5-8H2,1H3,(H,19,20,21). The quantitative estimate of drug-likeness (QED) is 0.617. The number of carbonyl (C=O) groups is 3. The van der Waals surface area contributed by atoms with Gasteiger partial charge in [-0.15, -0.1) is 0 Å². The Morgan fingerprint density at radius 1 is 1.11 bits per heavy atom. The average molecular weight is 369 g/mol. The number of methoxy groups -OCH3 is 1. The third-order valence-electron chi connectivity index (χ3n) is 4.19. The number of esters is 1. The van der Waals surface area contributed by atoms with Crippen LogP contribution in [0.5, 0.6) is 0 Å². The van der Waals surface area contributed by atoms with Crippen LogP contribution in [0.3, 0.4) is 0 Å². The van der Waals surface area contributed by atoms with Crippen LogP contribution in [0, 0.1) is 0 Å². The number of amides is 2. The molecule has 140 valence electrons. The highest BCUT2D eigenvalue weighted by Crippen LogP contribution is 2.16. The van der Waals surface area contributed by atoms with Gasteiger partial charge < -0.3 is 19.9 Å². The van der Waals surface area contributed by atoms with Crippen LogP contribution in [0.15, 0.2) is 36.7 Å². The van der Waals surface area contributed by atoms with E-state index in [2.05, 4.69) is 15.3 Å². The molecule has 1 saturated heterocycles. The summed E-state index contributed by atoms with van der Waals surface area (Å²) in [5.41, 5.74) is 1.41. The van der Waals surface area contributed by atoms with E-state index in [0.29, 0.717) is 48.9 Å². The van der Waals surface area contributed by atoms with Crippen molar-refractivity contribution in [1.29, 1.82) is 0 Å². The number of hydrogen-bond donors (Lipinski definition) is 1. The molecule has 9 nitrogen and oxygen atoms in total. The van der Waals surface area contributed by atoms with E-state index in [1.807, 2.05) is 0 Å². The number of rotatable bonds is 5. The first-order valence-corrected chi connectivity index (χ1v) is 8.37. The molecule has 0 aliphatic carbocycles. The van der Waals surface area contributed by atoms with Crippen molar-refractivity contribution in [3.8, 4) is 0 Å². The van der Waals surface area contributed by atoms with Crippen LogP contribution in [-0.4, -0.2) is 71.3 Å². The maximum absolute atomic E-state index is 12.5. The largest absolute Gasteiger partial charge is 0.465 e. The second kappa shape index (κ2) is 8.26. The number of piperazine rings is 1. The van der Waals surface area contributed by atoms with Gasteiger partial charge in [0.05, 0.1) is 18.2 Å². The summed E-state index contributed by atoms with van der Waals surface area (Å²) in [7, 11) is 1.32. The monoisotopic (exact) mass is 369 g/mol. The van der Waals surface area contributed by atoms with Gasteiger partial charge in [-0.1, -0.05) is 6.07 Å². The van der Waals surface area contributed by atoms with Gasteiger partial charge in [-0.3, -0.25) is 9.59 Å². The minimum atomic E-state index is -0.435. The SMILES string of the molecule is COC(=O)c1cccc(Nc2ncc(C(=O)N3CCN(C=O)CC3)cn2)c1. The molecule has 2 heterocycles. The van der Waals surface area contributed by atoms with E-state index < -0.39 is 5.97 Å². The predicted octanol–water partition coefficient (Wildman–Crippen LogP) is 0.921. The van der Waals surface area contributed by atoms with Crippen molar-refractivity contribution in [2.75, 3.05) is 38.6 Å². The molecule has 1 aromatic carbocycles. The molecule has 0 atom stereocenters. The lowest BCUT2D eigenvalue weighted by atomic mass is 10.2. The van der Waals surface area contributed by atoms with Crippen molar-refractivity contribution in [3.05, 3.63) is 47.8 Å². The first-order chi connectivity index (χ1) is 13.1. The number of nitrogens with one attached hydrogen (secondary N) is 1. The Morgan fingerprint density at radius 2 is 1.81 bits per heavy atom. The highest BCUT2D eigenvalue weighted by Gasteiger charge is 2.21. The van der Waals surface area contributed by atoms with Crippen LogP contribution in [-0.2, 0) is 9.53 Å². The number of ether oxygens (including phenoxy) is 1. The van der Waals surface area contributed by atoms with Gasteiger partial charge in [0.1, 0.15) is 0 Å². The molecule has 0 bridgehead atoms. The molecule has 2 aromatic rings. The first kappa shape index (κ1) is 18.3. The maximum atomic E-state index is 12.5. The fourth-order valence-electron chi connectivity index (χ4n) is 2.69. The number of anilines is 2. The molecule has 2 amide bonds. The van der Waals surface area contributed by atoms with Crippen LogP contribution < -0.4 is 5.32 Å². The number of hydrogen-bond acceptors (Lipinski definition) is 7. The normalized spacial score (nSPS) is 13.8. The van der Waals surface area contributed by atoms with Gasteiger partial charge in [-0.05, 0) is 18.2 Å². The fraction of sp³-hybridized carbons (Fsp3) is 0.278. The number of carbonyl (C=O) groups excluding carboxylic acids is 3. The van der Waals surface area contributed by atoms with Crippen LogP contribution in [0.25, 0.3) is 0 Å². The summed E-state index contributed by atoms with van der Waals surface area (Å²) in [6.07, 6.45) is 3.70. The number of nitrogens with zero attached hydrogens (tertiary/aromatic N) is 4. The number of aromatic nitrogens is 2. The zero-order chi connectivity index (χ0) is 19.2. The van der Waals surface area contributed by atoms with E-state index in [9.17, 15) is 14.4 Å². The van der Waals surface area contributed by atoms with Crippen molar-refractivity contribution in [1.82, 2.24) is 19.8 Å². The van der Waals surface area contributed by atoms with E-state index in [-0.39, 0.29) is 5.91 Å². The van der Waals surface area contributed by atoms with Gasteiger partial charge >= 0.3 is 5.97 Å². The Balaban J connectivity index is 1.64. The number of benzene rings is 1. The summed E-state index contributed by atoms with van der Waals surface area (Å²) in [5.74, 6) is -0.297. The van der Waals surface area contributed by atoms with E-state index >= 15 is 0 Å². The van der Waals surface area contributed by atoms with Gasteiger partial charge in [-0.25, -0.2) is 14.8 Å². The highest BCUT2D eigenvalue weighted by atomic mass is 16.5. The topological polar surface area (TPSA) is 105 Å². The average Bonchev–Trinajstić information content (AvgIpc) is 2.73. The van der Waals surface area contributed by atoms with E-state index in [1.165, 1.54) is 19.5 Å². The van der Waals surface area contributed by atoms with Gasteiger partial charge in [0.2, 0.25) is 12.4 Å². The van der Waals surface area contributed by atoms with E-state index in [0.717, 1.165) is 6.41 Å². The third kappa shape index (κ3) is 4.38. The molecular formula is C18H19N5O4. The van der Waals surface area contributed by atoms with Gasteiger partial charge in [0, 0.05) is 44.3 Å². The summed E-state index contributed by atoms with van der Waals surface area (Å²) < 4.78 is 4.69. The van der Waals surface area contributed by atoms with Crippen molar-refractivity contribution in [2.45, 2.75) is 0 Å². The van der Waals surface area contributed by atoms with Gasteiger partial charge in [-0.2, -0.15) is 0 Å². The van der Waals surface area contributed by atoms with Crippen molar-refractivity contribution >= 4 is 29.9 Å². The summed E-state index contributed by atoms with van der Waals surface area (Å²) in [5, 5.41) is 2.98. The zero-order valence-electron chi connectivity index (χ0n) is 14.8. The lowest BCUT2D eigenvalue weighted by molar-refractivity contribution is -0.119. The Morgan fingerprint density at radius 3 is 2.44 bits per heavy atom. The van der Waals surface area contributed by atoms with Crippen molar-refractivity contribution < 1.29 is 19.1 Å². The lowest BCUT2D eigenvalue weighted by Crippen LogP contribution is -2.48. The predicted molar refractivity (Wildman–Crippen MR) is 96.6 cm³/mol. The maximum Gasteiger partial charge on any atom is 0.337 e. The molecule has 1 aliphatic rings. The smallest absolute Gasteiger partial charge is 0.337 e. The Labute approximate surface area is 156 Å². The van der Waals surface area contributed by atoms with Crippen LogP contribution in [0.2, 0.25) is 0 Å². The van der Waals surface area contributed by atoms with Crippen LogP contribution in [0.4, 0.5) is 11.6 Å². The van der Waals surface area contributed by atoms with Crippen molar-refractivity contribution in [3.63, 3.8) is 0 Å². The Hall–Kier alpha value is -3.49. The molecule has 0 radical (unpaired) electrons. The minimum absolute atomic E-state index is 0.167. The van der Waals surface area contributed by atoms with Gasteiger partial charge in [0.25, 0.3) is 5.91 Å². The molecule has 9 heteroatoms. The lowest BCUT2D eigenvalue weighted by Gasteiger charge is -2.32. The molecule has 0 spiro atoms. The van der Waals surface area contributed by atoms with Crippen LogP contribution in [0.1, 0.15) is 20.7 Å². The molecule has 1 fully saturated rings. The van der Waals surface area contributed by atoms with Crippen LogP contribution >= 0.6 is 0 Å². The summed E-state index contributed by atoms with van der Waals surface area (Å²) >= 11 is 0. The molecule has 3 rings (SSSR count). The molecule has 27 heavy (non-hydrogen) atoms. The van der Waals surface area contributed by atoms with E-state index in [1.54, 1.807) is 34.1 Å². The second-order valence-corrected chi connectivity index (χ2v) is 5.93. The molecule has 1 aliphatic heterocycles. The van der Waals surface area contributed by atoms with Crippen molar-refractivity contribution in [2.24, 2.45) is 0 Å². The molecule has 0 unspecified atom stereocenters. The third-order valence-corrected chi connectivity index (χ3v) is 4.19. The summed E-state index contributed by atoms with van der Waals surface area (Å²) in [6.45, 7) is 2.01. The summed E-state index contributed by atoms with van der Waals surface area (Å²) in [6, 6.07) is 6.75. The minimum Gasteiger partial charge on any atom is -0.465 e. The second-order valence-electron chi connectivity index (χ2n) is 5.93. The Kier molecular flexibility index (Phi) is 5.60. The molecule has 1 aromatic heterocycles. The van der Waals surface area contributed by atoms with E-state index in [4.69, 9.17) is 4.74 Å². The molecule has 0 saturated carbocycles. The fourth-order valence-corrected chi connectivity index (χ4v) is 2.69. The zero-order valence-corrected chi connectivity index (χ0v) is 14.8. The van der Waals surface area contributed by atoms with Gasteiger partial charge in [0.15, 0.2) is 0 Å². The first-order valence-electron chi connectivity index (χ1n) is 8.37. The highest BCUT2D eigenvalue weighted by molar-refractivity contribution is 5.94. The summed E-state index contributed by atoms with van der Waals surface area (Å²) in [4.78, 5) is 46.4. The Bertz CT molecular complexity index is 832. The molecular weight excluding hydrogens is 350 g/mol.